The van der Waals surface area contributed by atoms with Crippen molar-refractivity contribution in [2.24, 2.45) is 24.8 Å². The van der Waals surface area contributed by atoms with E-state index in [1.165, 1.54) is 25.0 Å². The van der Waals surface area contributed by atoms with Crippen LogP contribution in [0.5, 0.6) is 0 Å². The fourth-order valence-corrected chi connectivity index (χ4v) is 4.28. The van der Waals surface area contributed by atoms with Crippen molar-refractivity contribution in [3.05, 3.63) is 18.0 Å². The zero-order chi connectivity index (χ0) is 10.6. The number of hydrogen-bond donors (Lipinski definition) is 0. The van der Waals surface area contributed by atoms with E-state index in [9.17, 15) is 0 Å². The van der Waals surface area contributed by atoms with E-state index in [-0.39, 0.29) is 0 Å². The van der Waals surface area contributed by atoms with Crippen LogP contribution in [0.1, 0.15) is 38.8 Å². The largest absolute Gasteiger partial charge is 0.276 e. The zero-order valence-corrected chi connectivity index (χ0v) is 9.90. The maximum absolute atomic E-state index is 4.65. The van der Waals surface area contributed by atoms with Gasteiger partial charge in [-0.15, -0.1) is 0 Å². The fourth-order valence-electron chi connectivity index (χ4n) is 4.28. The predicted molar refractivity (Wildman–Crippen MR) is 60.6 cm³/mol. The third-order valence-corrected chi connectivity index (χ3v) is 4.68. The Labute approximate surface area is 91.7 Å². The Hall–Kier alpha value is -0.790. The van der Waals surface area contributed by atoms with E-state index in [1.807, 2.05) is 11.7 Å². The fraction of sp³-hybridized carbons (Fsp3) is 0.769. The molecule has 3 saturated carbocycles. The van der Waals surface area contributed by atoms with Gasteiger partial charge in [0.15, 0.2) is 0 Å². The van der Waals surface area contributed by atoms with E-state index >= 15 is 0 Å². The third-order valence-electron chi connectivity index (χ3n) is 4.68. The molecule has 82 valence electrons. The van der Waals surface area contributed by atoms with Gasteiger partial charge in [0.1, 0.15) is 0 Å². The Balaban J connectivity index is 1.97. The quantitative estimate of drug-likeness (QED) is 0.724. The molecule has 3 aliphatic rings. The first-order chi connectivity index (χ1) is 7.13. The van der Waals surface area contributed by atoms with Crippen molar-refractivity contribution in [3.63, 3.8) is 0 Å². The first-order valence-corrected chi connectivity index (χ1v) is 6.13. The number of rotatable bonds is 2. The lowest BCUT2D eigenvalue weighted by atomic mass is 9.55. The van der Waals surface area contributed by atoms with Gasteiger partial charge in [0.2, 0.25) is 0 Å². The van der Waals surface area contributed by atoms with Crippen molar-refractivity contribution < 1.29 is 0 Å². The van der Waals surface area contributed by atoms with Gasteiger partial charge in [-0.25, -0.2) is 0 Å². The number of nitrogens with zero attached hydrogens (tertiary/aromatic N) is 2. The second-order valence-electron chi connectivity index (χ2n) is 5.80. The average Bonchev–Trinajstić information content (AvgIpc) is 2.73. The van der Waals surface area contributed by atoms with Gasteiger partial charge in [0.25, 0.3) is 0 Å². The van der Waals surface area contributed by atoms with Crippen molar-refractivity contribution in [1.29, 1.82) is 0 Å². The van der Waals surface area contributed by atoms with Gasteiger partial charge >= 0.3 is 0 Å². The second-order valence-corrected chi connectivity index (χ2v) is 5.80. The molecule has 3 atom stereocenters. The summed E-state index contributed by atoms with van der Waals surface area (Å²) in [5.41, 5.74) is 1.82. The lowest BCUT2D eigenvalue weighted by Gasteiger charge is -2.49. The van der Waals surface area contributed by atoms with Crippen LogP contribution < -0.4 is 0 Å². The molecule has 2 nitrogen and oxygen atoms in total. The molecule has 0 aliphatic heterocycles. The third kappa shape index (κ3) is 1.08. The lowest BCUT2D eigenvalue weighted by Crippen LogP contribution is -2.47. The highest BCUT2D eigenvalue weighted by molar-refractivity contribution is 5.28. The van der Waals surface area contributed by atoms with Crippen LogP contribution in [-0.2, 0) is 12.5 Å². The monoisotopic (exact) mass is 204 g/mol. The number of fused-ring (bicyclic) bond motifs is 1. The van der Waals surface area contributed by atoms with Gasteiger partial charge in [-0.1, -0.05) is 13.8 Å². The standard InChI is InChI=1S/C13H20N2/c1-9(2)12-10-4-6-13(12,8-10)11-5-7-15(3)14-11/h5,7,9-10,12H,4,6,8H2,1-3H3. The Bertz CT molecular complexity index is 376. The minimum absolute atomic E-state index is 0.458. The summed E-state index contributed by atoms with van der Waals surface area (Å²) in [6.45, 7) is 4.75. The topological polar surface area (TPSA) is 17.8 Å². The minimum atomic E-state index is 0.458. The van der Waals surface area contributed by atoms with Crippen LogP contribution in [0.15, 0.2) is 12.3 Å². The van der Waals surface area contributed by atoms with Crippen molar-refractivity contribution in [2.45, 2.75) is 38.5 Å². The van der Waals surface area contributed by atoms with Crippen LogP contribution in [-0.4, -0.2) is 9.78 Å². The van der Waals surface area contributed by atoms with Gasteiger partial charge in [-0.05, 0) is 43.1 Å². The normalized spacial score (nSPS) is 38.4. The summed E-state index contributed by atoms with van der Waals surface area (Å²) in [4.78, 5) is 0. The van der Waals surface area contributed by atoms with E-state index < -0.39 is 0 Å². The second kappa shape index (κ2) is 2.87. The summed E-state index contributed by atoms with van der Waals surface area (Å²) < 4.78 is 1.95. The molecule has 2 bridgehead atoms. The van der Waals surface area contributed by atoms with E-state index in [2.05, 4.69) is 31.2 Å². The SMILES string of the molecule is CC(C)C1C2CCC1(c1ccn(C)n1)C2. The summed E-state index contributed by atoms with van der Waals surface area (Å²) >= 11 is 0. The first kappa shape index (κ1) is 9.44. The Kier molecular flexibility index (Phi) is 1.80. The maximum atomic E-state index is 4.65. The maximum Gasteiger partial charge on any atom is 0.0689 e. The van der Waals surface area contributed by atoms with E-state index in [0.717, 1.165) is 17.8 Å². The molecule has 1 aromatic rings. The highest BCUT2D eigenvalue weighted by Gasteiger charge is 2.61. The molecule has 2 heteroatoms. The van der Waals surface area contributed by atoms with Gasteiger partial charge in [0, 0.05) is 18.7 Å². The van der Waals surface area contributed by atoms with Gasteiger partial charge in [-0.3, -0.25) is 4.68 Å². The van der Waals surface area contributed by atoms with Crippen LogP contribution in [0.3, 0.4) is 0 Å². The lowest BCUT2D eigenvalue weighted by molar-refractivity contribution is 0.0607. The van der Waals surface area contributed by atoms with Crippen LogP contribution >= 0.6 is 0 Å². The molecule has 0 spiro atoms. The van der Waals surface area contributed by atoms with Crippen molar-refractivity contribution in [1.82, 2.24) is 9.78 Å². The molecular formula is C13H20N2. The zero-order valence-electron chi connectivity index (χ0n) is 9.90. The highest BCUT2D eigenvalue weighted by atomic mass is 15.3. The molecule has 0 amide bonds. The predicted octanol–water partition coefficient (Wildman–Crippen LogP) is 2.74. The number of aryl methyl sites for hydroxylation is 1. The molecule has 0 aromatic carbocycles. The van der Waals surface area contributed by atoms with Crippen LogP contribution in [0.2, 0.25) is 0 Å². The molecule has 4 rings (SSSR count). The molecule has 3 unspecified atom stereocenters. The van der Waals surface area contributed by atoms with Crippen LogP contribution in [0.25, 0.3) is 0 Å². The average molecular weight is 204 g/mol. The van der Waals surface area contributed by atoms with E-state index in [4.69, 9.17) is 0 Å². The van der Waals surface area contributed by atoms with Gasteiger partial charge < -0.3 is 0 Å². The summed E-state index contributed by atoms with van der Waals surface area (Å²) in [5.74, 6) is 2.70. The van der Waals surface area contributed by atoms with Crippen molar-refractivity contribution in [3.8, 4) is 0 Å². The van der Waals surface area contributed by atoms with E-state index in [0.29, 0.717) is 5.41 Å². The molecule has 0 radical (unpaired) electrons. The van der Waals surface area contributed by atoms with Gasteiger partial charge in [-0.2, -0.15) is 5.10 Å². The summed E-state index contributed by atoms with van der Waals surface area (Å²) in [6, 6.07) is 2.23. The van der Waals surface area contributed by atoms with E-state index in [1.54, 1.807) is 0 Å². The molecular weight excluding hydrogens is 184 g/mol. The smallest absolute Gasteiger partial charge is 0.0689 e. The Morgan fingerprint density at radius 3 is 2.87 bits per heavy atom. The molecule has 1 aromatic heterocycles. The molecule has 1 heterocycles. The first-order valence-electron chi connectivity index (χ1n) is 6.13. The van der Waals surface area contributed by atoms with Crippen molar-refractivity contribution >= 4 is 0 Å². The molecule has 0 saturated heterocycles. The van der Waals surface area contributed by atoms with Crippen LogP contribution in [0.4, 0.5) is 0 Å². The molecule has 0 N–H and O–H groups in total. The summed E-state index contributed by atoms with van der Waals surface area (Å²) in [7, 11) is 2.02. The van der Waals surface area contributed by atoms with Crippen LogP contribution in [0, 0.1) is 17.8 Å². The summed E-state index contributed by atoms with van der Waals surface area (Å²) in [6.07, 6.45) is 6.29. The number of hydrogen-bond acceptors (Lipinski definition) is 1. The number of aromatic nitrogens is 2. The highest BCUT2D eigenvalue weighted by Crippen LogP contribution is 2.65. The molecule has 3 fully saturated rings. The molecule has 15 heavy (non-hydrogen) atoms. The Morgan fingerprint density at radius 1 is 1.53 bits per heavy atom. The minimum Gasteiger partial charge on any atom is -0.276 e. The van der Waals surface area contributed by atoms with Gasteiger partial charge in [0.05, 0.1) is 5.69 Å². The van der Waals surface area contributed by atoms with Crippen molar-refractivity contribution in [2.75, 3.05) is 0 Å². The molecule has 3 aliphatic carbocycles. The summed E-state index contributed by atoms with van der Waals surface area (Å²) in [5, 5.41) is 4.65. The Morgan fingerprint density at radius 2 is 2.33 bits per heavy atom.